The van der Waals surface area contributed by atoms with Crippen LogP contribution in [0, 0.1) is 5.82 Å². The third-order valence-corrected chi connectivity index (χ3v) is 4.26. The standard InChI is InChI=1S/C12H7BrClFN2O3S/c13-8-3-6(5-16-11(8)14)12(18)17-9-2-1-7(15)4-10(9)21(19)20/h1-5H,(H,17,18)(H,19,20)/p-1. The van der Waals surface area contributed by atoms with Gasteiger partial charge < -0.3 is 9.87 Å². The number of halogens is 3. The summed E-state index contributed by atoms with van der Waals surface area (Å²) < 4.78 is 35.5. The van der Waals surface area contributed by atoms with Crippen LogP contribution in [0.4, 0.5) is 10.1 Å². The van der Waals surface area contributed by atoms with E-state index < -0.39 is 22.8 Å². The normalized spacial score (nSPS) is 12.0. The van der Waals surface area contributed by atoms with E-state index in [4.69, 9.17) is 11.6 Å². The maximum Gasteiger partial charge on any atom is 0.257 e. The molecule has 2 rings (SSSR count). The summed E-state index contributed by atoms with van der Waals surface area (Å²) in [4.78, 5) is 15.5. The van der Waals surface area contributed by atoms with Gasteiger partial charge in [0.2, 0.25) is 0 Å². The van der Waals surface area contributed by atoms with Crippen molar-refractivity contribution in [2.75, 3.05) is 5.32 Å². The third kappa shape index (κ3) is 3.85. The highest BCUT2D eigenvalue weighted by Crippen LogP contribution is 2.23. The Kier molecular flexibility index (Phi) is 5.04. The second kappa shape index (κ2) is 6.61. The predicted molar refractivity (Wildman–Crippen MR) is 78.5 cm³/mol. The first kappa shape index (κ1) is 16.0. The van der Waals surface area contributed by atoms with Crippen LogP contribution in [0.1, 0.15) is 10.4 Å². The van der Waals surface area contributed by atoms with Crippen molar-refractivity contribution in [1.82, 2.24) is 4.98 Å². The van der Waals surface area contributed by atoms with E-state index in [0.717, 1.165) is 18.2 Å². The molecule has 0 aliphatic carbocycles. The van der Waals surface area contributed by atoms with Gasteiger partial charge in [-0.2, -0.15) is 0 Å². The van der Waals surface area contributed by atoms with E-state index in [1.165, 1.54) is 12.3 Å². The lowest BCUT2D eigenvalue weighted by Gasteiger charge is -2.13. The SMILES string of the molecule is O=C(Nc1ccc(F)cc1S(=O)[O-])c1cnc(Cl)c(Br)c1. The molecule has 0 saturated heterocycles. The lowest BCUT2D eigenvalue weighted by molar-refractivity contribution is 0.102. The van der Waals surface area contributed by atoms with Crippen molar-refractivity contribution in [3.05, 3.63) is 51.5 Å². The van der Waals surface area contributed by atoms with Gasteiger partial charge in [-0.05, 0) is 51.3 Å². The number of amides is 1. The summed E-state index contributed by atoms with van der Waals surface area (Å²) in [5, 5.41) is 2.57. The quantitative estimate of drug-likeness (QED) is 0.643. The molecule has 0 aliphatic heterocycles. The predicted octanol–water partition coefficient (Wildman–Crippen LogP) is 3.13. The van der Waals surface area contributed by atoms with E-state index in [2.05, 4.69) is 26.2 Å². The van der Waals surface area contributed by atoms with Crippen LogP contribution < -0.4 is 5.32 Å². The molecule has 0 fully saturated rings. The van der Waals surface area contributed by atoms with E-state index in [1.54, 1.807) is 0 Å². The van der Waals surface area contributed by atoms with Crippen molar-refractivity contribution < 1.29 is 17.9 Å². The Morgan fingerprint density at radius 1 is 1.43 bits per heavy atom. The number of hydrogen-bond donors (Lipinski definition) is 1. The summed E-state index contributed by atoms with van der Waals surface area (Å²) in [6.07, 6.45) is 1.24. The minimum absolute atomic E-state index is 0.0270. The Bertz CT molecular complexity index is 744. The van der Waals surface area contributed by atoms with Crippen LogP contribution in [-0.4, -0.2) is 19.7 Å². The number of pyridine rings is 1. The van der Waals surface area contributed by atoms with Crippen LogP contribution in [0.15, 0.2) is 39.8 Å². The lowest BCUT2D eigenvalue weighted by Crippen LogP contribution is -2.14. The largest absolute Gasteiger partial charge is 0.768 e. The molecular weight excluding hydrogens is 387 g/mol. The minimum Gasteiger partial charge on any atom is -0.768 e. The molecule has 1 N–H and O–H groups in total. The van der Waals surface area contributed by atoms with Gasteiger partial charge in [0.25, 0.3) is 5.91 Å². The van der Waals surface area contributed by atoms with Crippen LogP contribution in [-0.2, 0) is 11.1 Å². The second-order valence-electron chi connectivity index (χ2n) is 3.83. The molecule has 110 valence electrons. The number of benzene rings is 1. The zero-order valence-electron chi connectivity index (χ0n) is 10.1. The van der Waals surface area contributed by atoms with Gasteiger partial charge in [0, 0.05) is 6.20 Å². The number of aromatic nitrogens is 1. The van der Waals surface area contributed by atoms with E-state index in [9.17, 15) is 17.9 Å². The highest BCUT2D eigenvalue weighted by atomic mass is 79.9. The van der Waals surface area contributed by atoms with Gasteiger partial charge in [0.05, 0.1) is 20.6 Å². The molecule has 1 unspecified atom stereocenters. The number of nitrogens with one attached hydrogen (secondary N) is 1. The number of hydrogen-bond acceptors (Lipinski definition) is 4. The first-order chi connectivity index (χ1) is 9.88. The fraction of sp³-hybridized carbons (Fsp3) is 0. The molecule has 0 aliphatic rings. The third-order valence-electron chi connectivity index (χ3n) is 2.43. The molecule has 9 heteroatoms. The van der Waals surface area contributed by atoms with Crippen molar-refractivity contribution in [2.24, 2.45) is 0 Å². The Labute approximate surface area is 134 Å². The molecule has 21 heavy (non-hydrogen) atoms. The molecule has 1 amide bonds. The molecule has 1 atom stereocenters. The summed E-state index contributed by atoms with van der Waals surface area (Å²) in [6.45, 7) is 0. The highest BCUT2D eigenvalue weighted by molar-refractivity contribution is 9.10. The van der Waals surface area contributed by atoms with Crippen molar-refractivity contribution >= 4 is 50.2 Å². The fourth-order valence-electron chi connectivity index (χ4n) is 1.48. The van der Waals surface area contributed by atoms with Crippen LogP contribution in [0.25, 0.3) is 0 Å². The molecule has 1 aromatic heterocycles. The summed E-state index contributed by atoms with van der Waals surface area (Å²) in [7, 11) is 0. The van der Waals surface area contributed by atoms with Crippen LogP contribution in [0.5, 0.6) is 0 Å². The number of carbonyl (C=O) groups excluding carboxylic acids is 1. The maximum absolute atomic E-state index is 13.0. The summed E-state index contributed by atoms with van der Waals surface area (Å²) in [6, 6.07) is 4.45. The highest BCUT2D eigenvalue weighted by Gasteiger charge is 2.12. The van der Waals surface area contributed by atoms with Crippen molar-refractivity contribution in [1.29, 1.82) is 0 Å². The van der Waals surface area contributed by atoms with Gasteiger partial charge in [-0.1, -0.05) is 11.6 Å². The van der Waals surface area contributed by atoms with E-state index in [-0.39, 0.29) is 21.3 Å². The van der Waals surface area contributed by atoms with Crippen molar-refractivity contribution in [3.63, 3.8) is 0 Å². The van der Waals surface area contributed by atoms with Gasteiger partial charge in [0.1, 0.15) is 11.0 Å². The van der Waals surface area contributed by atoms with Gasteiger partial charge in [-0.3, -0.25) is 9.00 Å². The summed E-state index contributed by atoms with van der Waals surface area (Å²) >= 11 is 6.16. The molecule has 5 nitrogen and oxygen atoms in total. The van der Waals surface area contributed by atoms with E-state index in [1.807, 2.05) is 0 Å². The molecule has 0 saturated carbocycles. The van der Waals surface area contributed by atoms with E-state index in [0.29, 0.717) is 4.47 Å². The Morgan fingerprint density at radius 3 is 2.76 bits per heavy atom. The van der Waals surface area contributed by atoms with Crippen LogP contribution >= 0.6 is 27.5 Å². The molecule has 1 aromatic carbocycles. The molecule has 2 aromatic rings. The van der Waals surface area contributed by atoms with Gasteiger partial charge >= 0.3 is 0 Å². The molecular formula is C12H6BrClFN2O3S-. The maximum atomic E-state index is 13.0. The molecule has 1 heterocycles. The van der Waals surface area contributed by atoms with Gasteiger partial charge in [-0.25, -0.2) is 9.37 Å². The topological polar surface area (TPSA) is 82.1 Å². The average molecular weight is 393 g/mol. The fourth-order valence-corrected chi connectivity index (χ4v) is 2.44. The molecule has 0 bridgehead atoms. The molecule has 0 radical (unpaired) electrons. The number of carbonyl (C=O) groups is 1. The van der Waals surface area contributed by atoms with E-state index >= 15 is 0 Å². The number of nitrogens with zero attached hydrogens (tertiary/aromatic N) is 1. The number of anilines is 1. The number of rotatable bonds is 3. The van der Waals surface area contributed by atoms with Gasteiger partial charge in [-0.15, -0.1) is 0 Å². The lowest BCUT2D eigenvalue weighted by atomic mass is 10.2. The van der Waals surface area contributed by atoms with Crippen molar-refractivity contribution in [3.8, 4) is 0 Å². The average Bonchev–Trinajstić information content (AvgIpc) is 2.43. The van der Waals surface area contributed by atoms with Crippen LogP contribution in [0.2, 0.25) is 5.15 Å². The Hall–Kier alpha value is -1.35. The first-order valence-electron chi connectivity index (χ1n) is 5.39. The molecule has 0 spiro atoms. The monoisotopic (exact) mass is 391 g/mol. The Balaban J connectivity index is 2.31. The van der Waals surface area contributed by atoms with Crippen LogP contribution in [0.3, 0.4) is 0 Å². The second-order valence-corrected chi connectivity index (χ2v) is 5.95. The first-order valence-corrected chi connectivity index (χ1v) is 7.64. The smallest absolute Gasteiger partial charge is 0.257 e. The summed E-state index contributed by atoms with van der Waals surface area (Å²) in [5.74, 6) is -1.32. The zero-order chi connectivity index (χ0) is 15.6. The zero-order valence-corrected chi connectivity index (χ0v) is 13.3. The van der Waals surface area contributed by atoms with Crippen molar-refractivity contribution in [2.45, 2.75) is 4.90 Å². The van der Waals surface area contributed by atoms with Gasteiger partial charge in [0.15, 0.2) is 0 Å². The minimum atomic E-state index is -2.68. The Morgan fingerprint density at radius 2 is 2.14 bits per heavy atom. The summed E-state index contributed by atoms with van der Waals surface area (Å²) in [5.41, 5.74) is 0.138.